The molecule has 1 aromatic carbocycles. The smallest absolute Gasteiger partial charge is 0.255 e. The fourth-order valence-corrected chi connectivity index (χ4v) is 5.74. The lowest BCUT2D eigenvalue weighted by atomic mass is 9.96. The topological polar surface area (TPSA) is 97.6 Å². The summed E-state index contributed by atoms with van der Waals surface area (Å²) in [4.78, 5) is 25.8. The van der Waals surface area contributed by atoms with Gasteiger partial charge in [0.15, 0.2) is 0 Å². The van der Waals surface area contributed by atoms with Crippen LogP contribution in [0.2, 0.25) is 0 Å². The summed E-state index contributed by atoms with van der Waals surface area (Å²) < 4.78 is 1.90. The molecular formula is C26H27N7OS. The highest BCUT2D eigenvalue weighted by molar-refractivity contribution is 7.99. The first kappa shape index (κ1) is 23.0. The van der Waals surface area contributed by atoms with Crippen LogP contribution in [0.3, 0.4) is 0 Å². The number of rotatable bonds is 4. The van der Waals surface area contributed by atoms with Gasteiger partial charge in [0.25, 0.3) is 5.91 Å². The summed E-state index contributed by atoms with van der Waals surface area (Å²) in [6.07, 6.45) is 5.00. The van der Waals surface area contributed by atoms with Crippen LogP contribution in [0.1, 0.15) is 44.9 Å². The monoisotopic (exact) mass is 485 g/mol. The van der Waals surface area contributed by atoms with Crippen LogP contribution in [0.4, 0.5) is 11.5 Å². The second-order valence-corrected chi connectivity index (χ2v) is 9.89. The summed E-state index contributed by atoms with van der Waals surface area (Å²) in [6, 6.07) is 11.8. The zero-order valence-electron chi connectivity index (χ0n) is 20.1. The summed E-state index contributed by atoms with van der Waals surface area (Å²) in [5.74, 6) is 1.78. The molecule has 1 aliphatic heterocycles. The average Bonchev–Trinajstić information content (AvgIpc) is 3.06. The van der Waals surface area contributed by atoms with Crippen LogP contribution in [-0.2, 0) is 7.05 Å². The molecule has 0 saturated heterocycles. The minimum Gasteiger partial charge on any atom is -0.367 e. The highest BCUT2D eigenvalue weighted by atomic mass is 32.2. The van der Waals surface area contributed by atoms with E-state index in [1.54, 1.807) is 18.7 Å². The van der Waals surface area contributed by atoms with Crippen LogP contribution in [0.5, 0.6) is 0 Å². The fraction of sp³-hybridized carbons (Fsp3) is 0.269. The van der Waals surface area contributed by atoms with Crippen molar-refractivity contribution in [2.75, 3.05) is 16.4 Å². The van der Waals surface area contributed by atoms with Crippen LogP contribution >= 0.6 is 11.8 Å². The Morgan fingerprint density at radius 2 is 2.03 bits per heavy atom. The first-order valence-electron chi connectivity index (χ1n) is 11.5. The van der Waals surface area contributed by atoms with Gasteiger partial charge in [0.1, 0.15) is 17.8 Å². The highest BCUT2D eigenvalue weighted by Gasteiger charge is 2.32. The van der Waals surface area contributed by atoms with E-state index in [0.29, 0.717) is 11.3 Å². The molecule has 4 heterocycles. The molecule has 178 valence electrons. The van der Waals surface area contributed by atoms with Crippen LogP contribution in [0, 0.1) is 13.8 Å². The molecule has 8 nitrogen and oxygen atoms in total. The number of benzene rings is 1. The predicted octanol–water partition coefficient (Wildman–Crippen LogP) is 4.78. The van der Waals surface area contributed by atoms with Gasteiger partial charge in [-0.1, -0.05) is 6.07 Å². The van der Waals surface area contributed by atoms with Gasteiger partial charge in [-0.25, -0.2) is 9.97 Å². The first-order chi connectivity index (χ1) is 16.9. The van der Waals surface area contributed by atoms with E-state index >= 15 is 0 Å². The van der Waals surface area contributed by atoms with Crippen molar-refractivity contribution in [2.24, 2.45) is 7.05 Å². The molecule has 0 spiro atoms. The number of carbonyl (C=O) groups excluding carboxylic acids is 1. The van der Waals surface area contributed by atoms with E-state index in [1.165, 1.54) is 0 Å². The average molecular weight is 486 g/mol. The van der Waals surface area contributed by atoms with Gasteiger partial charge >= 0.3 is 0 Å². The van der Waals surface area contributed by atoms with Crippen LogP contribution in [0.15, 0.2) is 55.1 Å². The Morgan fingerprint density at radius 1 is 1.17 bits per heavy atom. The molecule has 5 rings (SSSR count). The van der Waals surface area contributed by atoms with Gasteiger partial charge < -0.3 is 10.6 Å². The molecule has 2 atom stereocenters. The van der Waals surface area contributed by atoms with Crippen molar-refractivity contribution in [1.82, 2.24) is 24.7 Å². The molecular weight excluding hydrogens is 458 g/mol. The third kappa shape index (κ3) is 4.51. The molecule has 0 fully saturated rings. The molecule has 4 aromatic rings. The van der Waals surface area contributed by atoms with E-state index in [1.807, 2.05) is 60.7 Å². The Kier molecular flexibility index (Phi) is 6.25. The van der Waals surface area contributed by atoms with E-state index in [-0.39, 0.29) is 17.2 Å². The number of nitrogens with zero attached hydrogens (tertiary/aromatic N) is 5. The van der Waals surface area contributed by atoms with Gasteiger partial charge in [0, 0.05) is 42.4 Å². The number of anilines is 2. The minimum absolute atomic E-state index is 0.0406. The van der Waals surface area contributed by atoms with E-state index in [9.17, 15) is 4.79 Å². The van der Waals surface area contributed by atoms with Gasteiger partial charge in [-0.05, 0) is 62.2 Å². The Morgan fingerprint density at radius 3 is 2.77 bits per heavy atom. The van der Waals surface area contributed by atoms with Crippen LogP contribution < -0.4 is 10.6 Å². The number of thioether (sulfide) groups is 1. The minimum atomic E-state index is -0.150. The number of carbonyl (C=O) groups is 1. The van der Waals surface area contributed by atoms with Crippen molar-refractivity contribution < 1.29 is 4.79 Å². The van der Waals surface area contributed by atoms with Crippen LogP contribution in [-0.4, -0.2) is 42.4 Å². The van der Waals surface area contributed by atoms with Crippen molar-refractivity contribution >= 4 is 29.2 Å². The summed E-state index contributed by atoms with van der Waals surface area (Å²) in [6.45, 7) is 6.12. The first-order valence-corrected chi connectivity index (χ1v) is 12.5. The molecule has 0 radical (unpaired) electrons. The number of fused-ring (bicyclic) bond motifs is 1. The van der Waals surface area contributed by atoms with Gasteiger partial charge in [0.05, 0.1) is 22.3 Å². The predicted molar refractivity (Wildman–Crippen MR) is 140 cm³/mol. The summed E-state index contributed by atoms with van der Waals surface area (Å²) in [5, 5.41) is 11.5. The maximum Gasteiger partial charge on any atom is 0.255 e. The molecule has 1 amide bonds. The number of hydrogen-bond donors (Lipinski definition) is 2. The number of pyridine rings is 1. The number of nitrogens with one attached hydrogen (secondary N) is 2. The fourth-order valence-electron chi connectivity index (χ4n) is 4.35. The summed E-state index contributed by atoms with van der Waals surface area (Å²) in [7, 11) is 1.96. The molecule has 0 bridgehead atoms. The van der Waals surface area contributed by atoms with Crippen molar-refractivity contribution in [1.29, 1.82) is 0 Å². The van der Waals surface area contributed by atoms with Crippen molar-refractivity contribution in [2.45, 2.75) is 32.1 Å². The number of hydrogen-bond acceptors (Lipinski definition) is 7. The van der Waals surface area contributed by atoms with Gasteiger partial charge in [-0.2, -0.15) is 5.10 Å². The lowest BCUT2D eigenvalue weighted by molar-refractivity contribution is 0.102. The molecule has 35 heavy (non-hydrogen) atoms. The van der Waals surface area contributed by atoms with E-state index in [0.717, 1.165) is 45.3 Å². The largest absolute Gasteiger partial charge is 0.367 e. The Bertz CT molecular complexity index is 1390. The van der Waals surface area contributed by atoms with Crippen LogP contribution in [0.25, 0.3) is 11.4 Å². The highest BCUT2D eigenvalue weighted by Crippen LogP contribution is 2.47. The zero-order valence-corrected chi connectivity index (χ0v) is 20.9. The second-order valence-electron chi connectivity index (χ2n) is 8.75. The maximum absolute atomic E-state index is 13.0. The number of aryl methyl sites for hydroxylation is 3. The summed E-state index contributed by atoms with van der Waals surface area (Å²) in [5.41, 5.74) is 7.06. The molecule has 1 aliphatic rings. The Balaban J connectivity index is 1.53. The maximum atomic E-state index is 13.0. The lowest BCUT2D eigenvalue weighted by Crippen LogP contribution is -2.18. The van der Waals surface area contributed by atoms with Gasteiger partial charge in [-0.15, -0.1) is 11.8 Å². The molecule has 0 aliphatic carbocycles. The zero-order chi connectivity index (χ0) is 24.5. The standard InChI is InChI=1S/C26H27N7OS/c1-15-12-18(26(34)31-20-6-5-10-28-17(20)3)7-8-19(15)24-22-23(21-9-11-27-14-29-21)32-33(4)25(22)30-16(2)13-35-24/h5-12,14,16,24,30H,13H2,1-4H3,(H,31,34)/t16-,24+/m1/s1. The van der Waals surface area contributed by atoms with Crippen molar-refractivity contribution in [3.05, 3.63) is 83.1 Å². The normalized spacial score (nSPS) is 17.3. The third-order valence-corrected chi connectivity index (χ3v) is 7.65. The van der Waals surface area contributed by atoms with Gasteiger partial charge in [0.2, 0.25) is 0 Å². The van der Waals surface area contributed by atoms with E-state index < -0.39 is 0 Å². The molecule has 3 aromatic heterocycles. The van der Waals surface area contributed by atoms with E-state index in [2.05, 4.69) is 45.5 Å². The quantitative estimate of drug-likeness (QED) is 0.429. The molecule has 2 N–H and O–H groups in total. The van der Waals surface area contributed by atoms with Crippen molar-refractivity contribution in [3.63, 3.8) is 0 Å². The van der Waals surface area contributed by atoms with Crippen molar-refractivity contribution in [3.8, 4) is 11.4 Å². The van der Waals surface area contributed by atoms with Gasteiger partial charge in [-0.3, -0.25) is 14.5 Å². The Labute approximate surface area is 208 Å². The number of aromatic nitrogens is 5. The van der Waals surface area contributed by atoms with E-state index in [4.69, 9.17) is 5.10 Å². The SMILES string of the molecule is Cc1cc(C(=O)Nc2cccnc2C)ccc1[C@@H]1SC[C@@H](C)Nc2c1c(-c1ccncn1)nn2C. The molecule has 0 saturated carbocycles. The number of amides is 1. The second kappa shape index (κ2) is 9.50. The molecule has 0 unspecified atom stereocenters. The lowest BCUT2D eigenvalue weighted by Gasteiger charge is -2.19. The Hall–Kier alpha value is -3.72. The molecule has 9 heteroatoms. The summed E-state index contributed by atoms with van der Waals surface area (Å²) >= 11 is 1.88. The third-order valence-electron chi connectivity index (χ3n) is 6.14.